The van der Waals surface area contributed by atoms with Crippen molar-refractivity contribution in [3.8, 4) is 0 Å². The first-order valence-corrected chi connectivity index (χ1v) is 4.61. The second-order valence-corrected chi connectivity index (χ2v) is 3.73. The van der Waals surface area contributed by atoms with Gasteiger partial charge in [0.25, 0.3) is 0 Å². The van der Waals surface area contributed by atoms with E-state index in [0.717, 1.165) is 10.2 Å². The molecule has 1 unspecified atom stereocenters. The fraction of sp³-hybridized carbons (Fsp3) is 0.250. The highest BCUT2D eigenvalue weighted by molar-refractivity contribution is 9.10. The second kappa shape index (κ2) is 2.99. The molecule has 0 bridgehead atoms. The van der Waals surface area contributed by atoms with Crippen LogP contribution in [0.4, 0.5) is 0 Å². The van der Waals surface area contributed by atoms with Gasteiger partial charge in [0, 0.05) is 12.6 Å². The zero-order valence-corrected chi connectivity index (χ0v) is 8.23. The lowest BCUT2D eigenvalue weighted by atomic mass is 10.0. The third-order valence-corrected chi connectivity index (χ3v) is 2.70. The summed E-state index contributed by atoms with van der Waals surface area (Å²) in [6.45, 7) is 0. The highest BCUT2D eigenvalue weighted by Gasteiger charge is 2.22. The molecule has 1 atom stereocenters. The molecule has 1 N–H and O–H groups in total. The van der Waals surface area contributed by atoms with Gasteiger partial charge in [0.2, 0.25) is 0 Å². The first kappa shape index (κ1) is 8.50. The molecule has 1 aliphatic rings. The van der Waals surface area contributed by atoms with Crippen LogP contribution in [-0.4, -0.2) is 20.9 Å². The van der Waals surface area contributed by atoms with E-state index in [0.29, 0.717) is 6.42 Å². The number of carboxylic acids is 1. The minimum Gasteiger partial charge on any atom is -0.481 e. The van der Waals surface area contributed by atoms with Crippen LogP contribution in [0.15, 0.2) is 16.7 Å². The van der Waals surface area contributed by atoms with Crippen molar-refractivity contribution in [3.05, 3.63) is 22.4 Å². The number of fused-ring (bicyclic) bond motifs is 1. The number of carboxylic acid groups (broad SMARTS) is 1. The van der Waals surface area contributed by atoms with Gasteiger partial charge in [-0.15, -0.1) is 0 Å². The number of hydrogen-bond acceptors (Lipinski definition) is 2. The van der Waals surface area contributed by atoms with E-state index in [1.165, 1.54) is 0 Å². The Kier molecular flexibility index (Phi) is 1.95. The Labute approximate surface area is 83.0 Å². The van der Waals surface area contributed by atoms with Crippen LogP contribution >= 0.6 is 15.9 Å². The second-order valence-electron chi connectivity index (χ2n) is 2.87. The van der Waals surface area contributed by atoms with Gasteiger partial charge in [-0.3, -0.25) is 4.79 Å². The van der Waals surface area contributed by atoms with E-state index < -0.39 is 11.9 Å². The van der Waals surface area contributed by atoms with Crippen molar-refractivity contribution < 1.29 is 9.90 Å². The third-order valence-electron chi connectivity index (χ3n) is 2.04. The Hall–Kier alpha value is -1.10. The van der Waals surface area contributed by atoms with Crippen molar-refractivity contribution in [3.63, 3.8) is 0 Å². The molecule has 0 amide bonds. The van der Waals surface area contributed by atoms with Crippen molar-refractivity contribution in [2.75, 3.05) is 0 Å². The summed E-state index contributed by atoms with van der Waals surface area (Å²) in [5.74, 6) is -1.23. The molecular weight excluding hydrogens is 236 g/mol. The molecule has 0 radical (unpaired) electrons. The summed E-state index contributed by atoms with van der Waals surface area (Å²) in [4.78, 5) is 10.7. The maximum atomic E-state index is 10.7. The Morgan fingerprint density at radius 2 is 2.54 bits per heavy atom. The molecule has 5 heteroatoms. The fourth-order valence-corrected chi connectivity index (χ4v) is 1.75. The van der Waals surface area contributed by atoms with Crippen LogP contribution in [0.1, 0.15) is 5.69 Å². The maximum Gasteiger partial charge on any atom is 0.310 e. The smallest absolute Gasteiger partial charge is 0.310 e. The lowest BCUT2D eigenvalue weighted by molar-refractivity contribution is -0.140. The molecule has 2 rings (SSSR count). The average Bonchev–Trinajstić information content (AvgIpc) is 2.47. The number of aromatic nitrogens is 2. The van der Waals surface area contributed by atoms with E-state index in [4.69, 9.17) is 5.11 Å². The van der Waals surface area contributed by atoms with Crippen LogP contribution in [-0.2, 0) is 11.2 Å². The molecule has 0 saturated heterocycles. The van der Waals surface area contributed by atoms with Gasteiger partial charge < -0.3 is 5.11 Å². The normalized spacial score (nSPS) is 19.9. The van der Waals surface area contributed by atoms with Crippen LogP contribution in [0.5, 0.6) is 0 Å². The molecule has 1 aromatic heterocycles. The van der Waals surface area contributed by atoms with Crippen LogP contribution in [0, 0.1) is 5.92 Å². The van der Waals surface area contributed by atoms with Crippen molar-refractivity contribution in [1.82, 2.24) is 9.78 Å². The van der Waals surface area contributed by atoms with E-state index in [9.17, 15) is 4.79 Å². The van der Waals surface area contributed by atoms with Crippen LogP contribution < -0.4 is 0 Å². The van der Waals surface area contributed by atoms with E-state index in [-0.39, 0.29) is 0 Å². The minimum atomic E-state index is -0.796. The molecule has 1 aliphatic heterocycles. The summed E-state index contributed by atoms with van der Waals surface area (Å²) < 4.78 is 2.55. The lowest BCUT2D eigenvalue weighted by Crippen LogP contribution is -2.19. The summed E-state index contributed by atoms with van der Waals surface area (Å²) in [6.07, 6.45) is 5.49. The van der Waals surface area contributed by atoms with Crippen molar-refractivity contribution in [1.29, 1.82) is 0 Å². The first-order valence-electron chi connectivity index (χ1n) is 3.81. The quantitative estimate of drug-likeness (QED) is 0.810. The van der Waals surface area contributed by atoms with E-state index in [2.05, 4.69) is 21.0 Å². The fourth-order valence-electron chi connectivity index (χ4n) is 1.32. The zero-order valence-electron chi connectivity index (χ0n) is 6.64. The largest absolute Gasteiger partial charge is 0.481 e. The summed E-state index contributed by atoms with van der Waals surface area (Å²) in [5.41, 5.74) is 0.912. The van der Waals surface area contributed by atoms with Crippen molar-refractivity contribution in [2.24, 2.45) is 5.92 Å². The first-order chi connectivity index (χ1) is 6.18. The molecule has 0 aliphatic carbocycles. The highest BCUT2D eigenvalue weighted by atomic mass is 79.9. The van der Waals surface area contributed by atoms with Crippen molar-refractivity contribution in [2.45, 2.75) is 6.42 Å². The number of hydrogen-bond donors (Lipinski definition) is 1. The van der Waals surface area contributed by atoms with Gasteiger partial charge in [0.05, 0.1) is 22.3 Å². The maximum absolute atomic E-state index is 10.7. The Balaban J connectivity index is 2.36. The Morgan fingerprint density at radius 3 is 3.23 bits per heavy atom. The molecule has 0 fully saturated rings. The van der Waals surface area contributed by atoms with Gasteiger partial charge in [-0.05, 0) is 15.9 Å². The van der Waals surface area contributed by atoms with Crippen LogP contribution in [0.2, 0.25) is 0 Å². The van der Waals surface area contributed by atoms with E-state index in [1.807, 2.05) is 0 Å². The topological polar surface area (TPSA) is 55.1 Å². The van der Waals surface area contributed by atoms with E-state index in [1.54, 1.807) is 23.2 Å². The van der Waals surface area contributed by atoms with Gasteiger partial charge in [0.15, 0.2) is 0 Å². The lowest BCUT2D eigenvalue weighted by Gasteiger charge is -2.13. The average molecular weight is 243 g/mol. The van der Waals surface area contributed by atoms with Crippen LogP contribution in [0.3, 0.4) is 0 Å². The molecule has 68 valence electrons. The summed E-state index contributed by atoms with van der Waals surface area (Å²) in [5, 5.41) is 12.8. The number of carbonyl (C=O) groups is 1. The zero-order chi connectivity index (χ0) is 9.42. The predicted molar refractivity (Wildman–Crippen MR) is 50.1 cm³/mol. The summed E-state index contributed by atoms with van der Waals surface area (Å²) in [7, 11) is 0. The predicted octanol–water partition coefficient (Wildman–Crippen LogP) is 1.37. The molecule has 0 saturated carbocycles. The molecule has 1 aromatic rings. The van der Waals surface area contributed by atoms with Gasteiger partial charge in [0.1, 0.15) is 0 Å². The number of aliphatic carboxylic acids is 1. The molecule has 0 spiro atoms. The SMILES string of the molecule is O=C(O)C1C=Cn2ncc(Br)c2C1. The third kappa shape index (κ3) is 1.39. The highest BCUT2D eigenvalue weighted by Crippen LogP contribution is 2.24. The molecular formula is C8H7BrN2O2. The summed E-state index contributed by atoms with van der Waals surface area (Å²) in [6, 6.07) is 0. The van der Waals surface area contributed by atoms with E-state index >= 15 is 0 Å². The van der Waals surface area contributed by atoms with Gasteiger partial charge >= 0.3 is 5.97 Å². The number of rotatable bonds is 1. The number of halogens is 1. The molecule has 2 heterocycles. The Bertz CT molecular complexity index is 383. The summed E-state index contributed by atoms with van der Waals surface area (Å²) >= 11 is 3.32. The standard InChI is InChI=1S/C8H7BrN2O2/c9-6-4-10-11-2-1-5(8(12)13)3-7(6)11/h1-2,4-5H,3H2,(H,12,13). The van der Waals surface area contributed by atoms with Gasteiger partial charge in [-0.2, -0.15) is 5.10 Å². The van der Waals surface area contributed by atoms with Gasteiger partial charge in [-0.1, -0.05) is 6.08 Å². The Morgan fingerprint density at radius 1 is 1.77 bits per heavy atom. The van der Waals surface area contributed by atoms with Crippen LogP contribution in [0.25, 0.3) is 6.20 Å². The molecule has 4 nitrogen and oxygen atoms in total. The van der Waals surface area contributed by atoms with Crippen molar-refractivity contribution >= 4 is 28.1 Å². The molecule has 13 heavy (non-hydrogen) atoms. The van der Waals surface area contributed by atoms with Gasteiger partial charge in [-0.25, -0.2) is 4.68 Å². The number of nitrogens with zero attached hydrogens (tertiary/aromatic N) is 2. The monoisotopic (exact) mass is 242 g/mol. The molecule has 0 aromatic carbocycles. The minimum absolute atomic E-state index is 0.430.